The predicted octanol–water partition coefficient (Wildman–Crippen LogP) is 4.78. The van der Waals surface area contributed by atoms with Gasteiger partial charge in [0.1, 0.15) is 0 Å². The summed E-state index contributed by atoms with van der Waals surface area (Å²) in [6.07, 6.45) is 0.923. The van der Waals surface area contributed by atoms with Gasteiger partial charge >= 0.3 is 0 Å². The van der Waals surface area contributed by atoms with Crippen molar-refractivity contribution >= 4 is 21.6 Å². The molecule has 2 aromatic rings. The molecule has 3 rings (SSSR count). The first-order valence-corrected chi connectivity index (χ1v) is 7.93. The van der Waals surface area contributed by atoms with E-state index < -0.39 is 0 Å². The molecule has 0 radical (unpaired) electrons. The largest absolute Gasteiger partial charge is 0.490 e. The fourth-order valence-corrected chi connectivity index (χ4v) is 2.60. The Morgan fingerprint density at radius 2 is 1.71 bits per heavy atom. The van der Waals surface area contributed by atoms with Gasteiger partial charge in [0.05, 0.1) is 13.2 Å². The zero-order valence-electron chi connectivity index (χ0n) is 11.9. The number of hydrogen-bond acceptors (Lipinski definition) is 3. The molecule has 0 saturated heterocycles. The maximum absolute atomic E-state index is 5.72. The van der Waals surface area contributed by atoms with Crippen LogP contribution in [0.25, 0.3) is 0 Å². The summed E-state index contributed by atoms with van der Waals surface area (Å²) in [6, 6.07) is 14.6. The lowest BCUT2D eigenvalue weighted by Crippen LogP contribution is -2.06. The monoisotopic (exact) mass is 347 g/mol. The zero-order valence-corrected chi connectivity index (χ0v) is 13.5. The number of fused-ring (bicyclic) bond motifs is 1. The lowest BCUT2D eigenvalue weighted by atomic mass is 10.1. The molecule has 0 amide bonds. The van der Waals surface area contributed by atoms with Gasteiger partial charge in [-0.3, -0.25) is 0 Å². The summed E-state index contributed by atoms with van der Waals surface area (Å²) in [5.41, 5.74) is 2.28. The van der Waals surface area contributed by atoms with Crippen LogP contribution in [-0.2, 0) is 0 Å². The molecule has 1 unspecified atom stereocenters. The van der Waals surface area contributed by atoms with Crippen molar-refractivity contribution in [2.24, 2.45) is 0 Å². The highest BCUT2D eigenvalue weighted by Gasteiger charge is 2.12. The Hall–Kier alpha value is -1.68. The molecule has 4 heteroatoms. The molecular formula is C17H18BrNO2. The van der Waals surface area contributed by atoms with E-state index in [4.69, 9.17) is 9.47 Å². The molecule has 2 aromatic carbocycles. The van der Waals surface area contributed by atoms with Gasteiger partial charge in [0.2, 0.25) is 0 Å². The van der Waals surface area contributed by atoms with E-state index in [9.17, 15) is 0 Å². The van der Waals surface area contributed by atoms with Gasteiger partial charge in [0.15, 0.2) is 11.5 Å². The Balaban J connectivity index is 1.75. The molecule has 3 nitrogen and oxygen atoms in total. The highest BCUT2D eigenvalue weighted by Crippen LogP contribution is 2.33. The molecule has 1 aliphatic heterocycles. The third kappa shape index (κ3) is 3.50. The average molecular weight is 348 g/mol. The molecule has 1 N–H and O–H groups in total. The maximum atomic E-state index is 5.72. The number of halogens is 1. The van der Waals surface area contributed by atoms with Gasteiger partial charge in [0.25, 0.3) is 0 Å². The zero-order chi connectivity index (χ0) is 14.7. The van der Waals surface area contributed by atoms with Gasteiger partial charge in [-0.05, 0) is 36.8 Å². The summed E-state index contributed by atoms with van der Waals surface area (Å²) in [5.74, 6) is 1.65. The summed E-state index contributed by atoms with van der Waals surface area (Å²) in [5, 5.41) is 3.50. The van der Waals surface area contributed by atoms with Crippen LogP contribution in [-0.4, -0.2) is 13.2 Å². The SMILES string of the molecule is CC(Nc1ccc2c(c1)OCCCO2)c1ccc(Br)cc1. The molecule has 0 bridgehead atoms. The van der Waals surface area contributed by atoms with Gasteiger partial charge in [0, 0.05) is 28.7 Å². The molecular weight excluding hydrogens is 330 g/mol. The molecule has 0 aromatic heterocycles. The number of benzene rings is 2. The highest BCUT2D eigenvalue weighted by atomic mass is 79.9. The highest BCUT2D eigenvalue weighted by molar-refractivity contribution is 9.10. The second kappa shape index (κ2) is 6.39. The number of nitrogens with one attached hydrogen (secondary N) is 1. The number of ether oxygens (including phenoxy) is 2. The van der Waals surface area contributed by atoms with Crippen molar-refractivity contribution in [3.63, 3.8) is 0 Å². The molecule has 0 saturated carbocycles. The van der Waals surface area contributed by atoms with E-state index in [2.05, 4.69) is 52.4 Å². The van der Waals surface area contributed by atoms with Crippen LogP contribution in [0.2, 0.25) is 0 Å². The predicted molar refractivity (Wildman–Crippen MR) is 88.2 cm³/mol. The lowest BCUT2D eigenvalue weighted by molar-refractivity contribution is 0.297. The van der Waals surface area contributed by atoms with Crippen LogP contribution >= 0.6 is 15.9 Å². The van der Waals surface area contributed by atoms with Crippen molar-refractivity contribution in [3.05, 3.63) is 52.5 Å². The van der Waals surface area contributed by atoms with E-state index in [1.807, 2.05) is 18.2 Å². The maximum Gasteiger partial charge on any atom is 0.163 e. The van der Waals surface area contributed by atoms with Crippen LogP contribution in [0.5, 0.6) is 11.5 Å². The van der Waals surface area contributed by atoms with Crippen LogP contribution in [0.1, 0.15) is 24.9 Å². The average Bonchev–Trinajstić information content (AvgIpc) is 2.72. The summed E-state index contributed by atoms with van der Waals surface area (Å²) in [7, 11) is 0. The standard InChI is InChI=1S/C17H18BrNO2/c1-12(13-3-5-14(18)6-4-13)19-15-7-8-16-17(11-15)21-10-2-9-20-16/h3-8,11-12,19H,2,9-10H2,1H3. The van der Waals surface area contributed by atoms with Gasteiger partial charge in [-0.25, -0.2) is 0 Å². The molecule has 1 heterocycles. The minimum absolute atomic E-state index is 0.225. The second-order valence-electron chi connectivity index (χ2n) is 5.13. The van der Waals surface area contributed by atoms with Gasteiger partial charge in [-0.15, -0.1) is 0 Å². The van der Waals surface area contributed by atoms with Crippen LogP contribution in [0.4, 0.5) is 5.69 Å². The summed E-state index contributed by atoms with van der Waals surface area (Å²) in [6.45, 7) is 3.57. The Morgan fingerprint density at radius 1 is 1.00 bits per heavy atom. The van der Waals surface area contributed by atoms with E-state index in [1.165, 1.54) is 5.56 Å². The first-order chi connectivity index (χ1) is 10.2. The Labute approximate surface area is 133 Å². The fraction of sp³-hybridized carbons (Fsp3) is 0.294. The molecule has 0 aliphatic carbocycles. The third-order valence-electron chi connectivity index (χ3n) is 3.50. The smallest absolute Gasteiger partial charge is 0.163 e. The fourth-order valence-electron chi connectivity index (χ4n) is 2.34. The molecule has 110 valence electrons. The Bertz CT molecular complexity index is 613. The molecule has 1 atom stereocenters. The van der Waals surface area contributed by atoms with Gasteiger partial charge in [-0.1, -0.05) is 28.1 Å². The van der Waals surface area contributed by atoms with Crippen molar-refractivity contribution < 1.29 is 9.47 Å². The number of anilines is 1. The Morgan fingerprint density at radius 3 is 2.48 bits per heavy atom. The van der Waals surface area contributed by atoms with E-state index in [0.29, 0.717) is 6.61 Å². The Kier molecular flexibility index (Phi) is 4.34. The summed E-state index contributed by atoms with van der Waals surface area (Å²) in [4.78, 5) is 0. The van der Waals surface area contributed by atoms with Crippen molar-refractivity contribution in [1.29, 1.82) is 0 Å². The molecule has 0 spiro atoms. The van der Waals surface area contributed by atoms with E-state index in [1.54, 1.807) is 0 Å². The first kappa shape index (κ1) is 14.3. The number of hydrogen-bond donors (Lipinski definition) is 1. The second-order valence-corrected chi connectivity index (χ2v) is 6.05. The van der Waals surface area contributed by atoms with Crippen LogP contribution in [0.15, 0.2) is 46.9 Å². The minimum atomic E-state index is 0.225. The van der Waals surface area contributed by atoms with Crippen molar-refractivity contribution in [1.82, 2.24) is 0 Å². The lowest BCUT2D eigenvalue weighted by Gasteiger charge is -2.17. The number of rotatable bonds is 3. The van der Waals surface area contributed by atoms with Gasteiger partial charge in [-0.2, -0.15) is 0 Å². The van der Waals surface area contributed by atoms with E-state index in [0.717, 1.165) is 34.7 Å². The normalized spacial score (nSPS) is 15.1. The topological polar surface area (TPSA) is 30.5 Å². The quantitative estimate of drug-likeness (QED) is 0.866. The van der Waals surface area contributed by atoms with Crippen molar-refractivity contribution in [2.75, 3.05) is 18.5 Å². The van der Waals surface area contributed by atoms with E-state index in [-0.39, 0.29) is 6.04 Å². The van der Waals surface area contributed by atoms with E-state index >= 15 is 0 Å². The van der Waals surface area contributed by atoms with Crippen LogP contribution in [0, 0.1) is 0 Å². The molecule has 21 heavy (non-hydrogen) atoms. The summed E-state index contributed by atoms with van der Waals surface area (Å²) >= 11 is 3.46. The van der Waals surface area contributed by atoms with Crippen LogP contribution in [0.3, 0.4) is 0 Å². The minimum Gasteiger partial charge on any atom is -0.490 e. The van der Waals surface area contributed by atoms with Crippen molar-refractivity contribution in [2.45, 2.75) is 19.4 Å². The third-order valence-corrected chi connectivity index (χ3v) is 4.03. The summed E-state index contributed by atoms with van der Waals surface area (Å²) < 4.78 is 12.5. The molecule has 0 fully saturated rings. The van der Waals surface area contributed by atoms with Gasteiger partial charge < -0.3 is 14.8 Å². The van der Waals surface area contributed by atoms with Crippen LogP contribution < -0.4 is 14.8 Å². The van der Waals surface area contributed by atoms with Crippen molar-refractivity contribution in [3.8, 4) is 11.5 Å². The first-order valence-electron chi connectivity index (χ1n) is 7.14. The molecule has 1 aliphatic rings.